The topological polar surface area (TPSA) is 75.9 Å². The quantitative estimate of drug-likeness (QED) is 0.561. The predicted octanol–water partition coefficient (Wildman–Crippen LogP) is 3.20. The first-order valence-electron chi connectivity index (χ1n) is 7.30. The van der Waals surface area contributed by atoms with Gasteiger partial charge in [-0.2, -0.15) is 0 Å². The van der Waals surface area contributed by atoms with E-state index in [2.05, 4.69) is 65.7 Å². The lowest BCUT2D eigenvalue weighted by molar-refractivity contribution is 0.819. The van der Waals surface area contributed by atoms with Gasteiger partial charge >= 0.3 is 0 Å². The van der Waals surface area contributed by atoms with Crippen LogP contribution < -0.4 is 16.6 Å². The van der Waals surface area contributed by atoms with Gasteiger partial charge in [0.2, 0.25) is 0 Å². The van der Waals surface area contributed by atoms with Crippen molar-refractivity contribution in [2.45, 2.75) is 39.7 Å². The lowest BCUT2D eigenvalue weighted by Gasteiger charge is -2.16. The molecule has 1 unspecified atom stereocenters. The Morgan fingerprint density at radius 2 is 1.81 bits per heavy atom. The lowest BCUT2D eigenvalue weighted by Crippen LogP contribution is -2.14. The number of nitrogens with one attached hydrogen (secondary N) is 2. The number of benzene rings is 1. The van der Waals surface area contributed by atoms with Crippen LogP contribution >= 0.6 is 0 Å². The van der Waals surface area contributed by atoms with Crippen molar-refractivity contribution in [3.63, 3.8) is 0 Å². The molecule has 5 heteroatoms. The molecular weight excluding hydrogens is 262 g/mol. The van der Waals surface area contributed by atoms with Crippen molar-refractivity contribution in [3.05, 3.63) is 47.3 Å². The third-order valence-electron chi connectivity index (χ3n) is 3.34. The molecule has 0 spiro atoms. The highest BCUT2D eigenvalue weighted by Gasteiger charge is 2.08. The van der Waals surface area contributed by atoms with Crippen molar-refractivity contribution < 1.29 is 0 Å². The summed E-state index contributed by atoms with van der Waals surface area (Å²) in [6.07, 6.45) is 1.84. The van der Waals surface area contributed by atoms with E-state index in [4.69, 9.17) is 5.84 Å². The number of aromatic nitrogens is 2. The number of anilines is 2. The maximum Gasteiger partial charge on any atom is 0.145 e. The summed E-state index contributed by atoms with van der Waals surface area (Å²) >= 11 is 0. The maximum atomic E-state index is 5.47. The summed E-state index contributed by atoms with van der Waals surface area (Å²) in [4.78, 5) is 8.88. The van der Waals surface area contributed by atoms with Crippen LogP contribution in [0.2, 0.25) is 0 Å². The Hall–Kier alpha value is -2.14. The van der Waals surface area contributed by atoms with Gasteiger partial charge in [0.1, 0.15) is 17.5 Å². The second kappa shape index (κ2) is 7.04. The summed E-state index contributed by atoms with van der Waals surface area (Å²) in [7, 11) is 0. The summed E-state index contributed by atoms with van der Waals surface area (Å²) in [6, 6.07) is 10.5. The molecule has 0 fully saturated rings. The number of rotatable bonds is 6. The van der Waals surface area contributed by atoms with E-state index in [0.29, 0.717) is 5.82 Å². The summed E-state index contributed by atoms with van der Waals surface area (Å²) in [6.45, 7) is 6.30. The van der Waals surface area contributed by atoms with Gasteiger partial charge in [-0.05, 0) is 25.8 Å². The molecule has 1 aromatic carbocycles. The van der Waals surface area contributed by atoms with E-state index in [1.807, 2.05) is 6.07 Å². The second-order valence-corrected chi connectivity index (χ2v) is 5.23. The van der Waals surface area contributed by atoms with Crippen molar-refractivity contribution in [2.75, 3.05) is 10.7 Å². The fourth-order valence-electron chi connectivity index (χ4n) is 2.14. The number of hydrogen-bond acceptors (Lipinski definition) is 5. The maximum absolute atomic E-state index is 5.47. The Balaban J connectivity index is 2.17. The molecule has 2 aromatic rings. The van der Waals surface area contributed by atoms with E-state index < -0.39 is 0 Å². The average Bonchev–Trinajstić information content (AvgIpc) is 2.48. The molecule has 0 aliphatic heterocycles. The van der Waals surface area contributed by atoms with Crippen LogP contribution in [0.1, 0.15) is 43.3 Å². The molecular formula is C16H23N5. The molecule has 2 rings (SSSR count). The summed E-state index contributed by atoms with van der Waals surface area (Å²) in [5, 5.41) is 3.40. The van der Waals surface area contributed by atoms with Gasteiger partial charge in [-0.3, -0.25) is 0 Å². The fourth-order valence-corrected chi connectivity index (χ4v) is 2.14. The molecule has 21 heavy (non-hydrogen) atoms. The summed E-state index contributed by atoms with van der Waals surface area (Å²) < 4.78 is 0. The van der Waals surface area contributed by atoms with Crippen molar-refractivity contribution in [1.29, 1.82) is 0 Å². The van der Waals surface area contributed by atoms with Gasteiger partial charge in [0.25, 0.3) is 0 Å². The van der Waals surface area contributed by atoms with E-state index in [0.717, 1.165) is 24.5 Å². The van der Waals surface area contributed by atoms with Crippen molar-refractivity contribution in [1.82, 2.24) is 9.97 Å². The number of hydrogen-bond donors (Lipinski definition) is 3. The molecule has 0 saturated carbocycles. The Kier molecular flexibility index (Phi) is 5.11. The normalized spacial score (nSPS) is 12.0. The zero-order valence-electron chi connectivity index (χ0n) is 12.9. The van der Waals surface area contributed by atoms with Crippen LogP contribution in [0.25, 0.3) is 0 Å². The predicted molar refractivity (Wildman–Crippen MR) is 87.1 cm³/mol. The zero-order chi connectivity index (χ0) is 15.2. The van der Waals surface area contributed by atoms with E-state index in [1.165, 1.54) is 11.1 Å². The smallest absolute Gasteiger partial charge is 0.145 e. The molecule has 1 aromatic heterocycles. The number of nitrogen functional groups attached to an aromatic ring is 1. The minimum absolute atomic E-state index is 0.167. The Bertz CT molecular complexity index is 580. The third-order valence-corrected chi connectivity index (χ3v) is 3.34. The molecule has 112 valence electrons. The zero-order valence-corrected chi connectivity index (χ0v) is 12.9. The number of hydrazine groups is 1. The van der Waals surface area contributed by atoms with Crippen LogP contribution in [0.5, 0.6) is 0 Å². The molecule has 0 saturated heterocycles. The number of nitrogens with two attached hydrogens (primary N) is 1. The number of nitrogens with zero attached hydrogens (tertiary/aromatic N) is 2. The van der Waals surface area contributed by atoms with Gasteiger partial charge in [-0.15, -0.1) is 0 Å². The largest absolute Gasteiger partial charge is 0.363 e. The molecule has 4 N–H and O–H groups in total. The highest BCUT2D eigenvalue weighted by atomic mass is 15.3. The van der Waals surface area contributed by atoms with Gasteiger partial charge in [0, 0.05) is 18.5 Å². The number of aryl methyl sites for hydroxylation is 2. The van der Waals surface area contributed by atoms with E-state index in [1.54, 1.807) is 0 Å². The minimum atomic E-state index is 0.167. The molecule has 0 bridgehead atoms. The molecule has 0 aliphatic carbocycles. The fraction of sp³-hybridized carbons (Fsp3) is 0.375. The van der Waals surface area contributed by atoms with Crippen LogP contribution in [-0.4, -0.2) is 9.97 Å². The van der Waals surface area contributed by atoms with Gasteiger partial charge in [-0.25, -0.2) is 15.8 Å². The van der Waals surface area contributed by atoms with E-state index >= 15 is 0 Å². The monoisotopic (exact) mass is 285 g/mol. The molecule has 0 amide bonds. The summed E-state index contributed by atoms with van der Waals surface area (Å²) in [5.74, 6) is 7.69. The first-order chi connectivity index (χ1) is 10.1. The van der Waals surface area contributed by atoms with Crippen LogP contribution in [0.4, 0.5) is 11.6 Å². The highest BCUT2D eigenvalue weighted by molar-refractivity contribution is 5.48. The van der Waals surface area contributed by atoms with Gasteiger partial charge in [-0.1, -0.05) is 36.8 Å². The Morgan fingerprint density at radius 3 is 2.43 bits per heavy atom. The minimum Gasteiger partial charge on any atom is -0.363 e. The van der Waals surface area contributed by atoms with Crippen molar-refractivity contribution >= 4 is 11.6 Å². The standard InChI is InChI=1S/C16H23N5/c1-4-5-14-19-15(10-16(20-14)21-17)18-12(3)13-8-6-11(2)7-9-13/h6-10,12H,4-5,17H2,1-3H3,(H2,18,19,20,21). The van der Waals surface area contributed by atoms with E-state index in [-0.39, 0.29) is 6.04 Å². The van der Waals surface area contributed by atoms with Crippen molar-refractivity contribution in [2.24, 2.45) is 5.84 Å². The molecule has 5 nitrogen and oxygen atoms in total. The van der Waals surface area contributed by atoms with E-state index in [9.17, 15) is 0 Å². The SMILES string of the molecule is CCCc1nc(NN)cc(NC(C)c2ccc(C)cc2)n1. The first kappa shape index (κ1) is 15.3. The molecule has 1 heterocycles. The van der Waals surface area contributed by atoms with Gasteiger partial charge in [0.05, 0.1) is 0 Å². The Labute approximate surface area is 126 Å². The first-order valence-corrected chi connectivity index (χ1v) is 7.30. The summed E-state index contributed by atoms with van der Waals surface area (Å²) in [5.41, 5.74) is 5.07. The van der Waals surface area contributed by atoms with Crippen LogP contribution in [0.3, 0.4) is 0 Å². The third kappa shape index (κ3) is 4.16. The molecule has 0 radical (unpaired) electrons. The van der Waals surface area contributed by atoms with Crippen LogP contribution in [-0.2, 0) is 6.42 Å². The second-order valence-electron chi connectivity index (χ2n) is 5.23. The molecule has 0 aliphatic rings. The van der Waals surface area contributed by atoms with Crippen LogP contribution in [0.15, 0.2) is 30.3 Å². The lowest BCUT2D eigenvalue weighted by atomic mass is 10.1. The van der Waals surface area contributed by atoms with Crippen LogP contribution in [0, 0.1) is 6.92 Å². The average molecular weight is 285 g/mol. The van der Waals surface area contributed by atoms with Crippen molar-refractivity contribution in [3.8, 4) is 0 Å². The van der Waals surface area contributed by atoms with Gasteiger partial charge < -0.3 is 10.7 Å². The molecule has 1 atom stereocenters. The van der Waals surface area contributed by atoms with Gasteiger partial charge in [0.15, 0.2) is 0 Å². The highest BCUT2D eigenvalue weighted by Crippen LogP contribution is 2.20. The Morgan fingerprint density at radius 1 is 1.14 bits per heavy atom.